The van der Waals surface area contributed by atoms with Gasteiger partial charge in [-0.15, -0.1) is 11.3 Å². The molecule has 1 aromatic heterocycles. The summed E-state index contributed by atoms with van der Waals surface area (Å²) < 4.78 is 34.0. The highest BCUT2D eigenvalue weighted by Gasteiger charge is 2.31. The summed E-state index contributed by atoms with van der Waals surface area (Å²) in [6.45, 7) is 5.81. The minimum absolute atomic E-state index is 0.136. The van der Waals surface area contributed by atoms with Crippen molar-refractivity contribution in [3.05, 3.63) is 16.5 Å². The van der Waals surface area contributed by atoms with Crippen molar-refractivity contribution in [1.29, 1.82) is 0 Å². The Kier molecular flexibility index (Phi) is 4.57. The number of thiophene rings is 1. The number of rotatable bonds is 4. The maximum atomic E-state index is 12.4. The van der Waals surface area contributed by atoms with Crippen LogP contribution in [0.4, 0.5) is 5.00 Å². The van der Waals surface area contributed by atoms with E-state index < -0.39 is 16.2 Å². The van der Waals surface area contributed by atoms with Gasteiger partial charge in [0.2, 0.25) is 0 Å². The fourth-order valence-corrected chi connectivity index (χ4v) is 4.76. The van der Waals surface area contributed by atoms with Gasteiger partial charge in [-0.3, -0.25) is 4.72 Å². The van der Waals surface area contributed by atoms with Crippen LogP contribution in [0.1, 0.15) is 29.1 Å². The van der Waals surface area contributed by atoms with Crippen LogP contribution >= 0.6 is 11.3 Å². The van der Waals surface area contributed by atoms with Crippen molar-refractivity contribution in [2.45, 2.75) is 33.0 Å². The van der Waals surface area contributed by atoms with Crippen molar-refractivity contribution < 1.29 is 23.1 Å². The molecule has 0 aromatic carbocycles. The molecule has 0 amide bonds. The van der Waals surface area contributed by atoms with E-state index in [2.05, 4.69) is 4.72 Å². The Bertz CT molecular complexity index is 630. The van der Waals surface area contributed by atoms with Gasteiger partial charge in [0, 0.05) is 13.1 Å². The van der Waals surface area contributed by atoms with E-state index in [4.69, 9.17) is 9.84 Å². The predicted octanol–water partition coefficient (Wildman–Crippen LogP) is 1.52. The summed E-state index contributed by atoms with van der Waals surface area (Å²) in [5, 5.41) is 9.30. The Labute approximate surface area is 127 Å². The number of morpholine rings is 1. The Hall–Kier alpha value is -1.16. The first-order valence-corrected chi connectivity index (χ1v) is 8.71. The van der Waals surface area contributed by atoms with Crippen LogP contribution in [0, 0.1) is 6.92 Å². The maximum absolute atomic E-state index is 12.4. The molecule has 1 saturated heterocycles. The van der Waals surface area contributed by atoms with E-state index in [1.165, 1.54) is 10.4 Å². The highest BCUT2D eigenvalue weighted by molar-refractivity contribution is 7.90. The second-order valence-corrected chi connectivity index (χ2v) is 7.83. The molecule has 0 aliphatic carbocycles. The van der Waals surface area contributed by atoms with Crippen LogP contribution < -0.4 is 4.72 Å². The number of hydrogen-bond donors (Lipinski definition) is 2. The van der Waals surface area contributed by atoms with Crippen LogP contribution in [-0.4, -0.2) is 49.1 Å². The molecule has 2 rings (SSSR count). The molecule has 7 nitrogen and oxygen atoms in total. The molecule has 0 bridgehead atoms. The van der Waals surface area contributed by atoms with Gasteiger partial charge in [-0.2, -0.15) is 12.7 Å². The van der Waals surface area contributed by atoms with Crippen molar-refractivity contribution in [1.82, 2.24) is 4.31 Å². The molecule has 0 radical (unpaired) electrons. The molecule has 21 heavy (non-hydrogen) atoms. The summed E-state index contributed by atoms with van der Waals surface area (Å²) in [7, 11) is -3.71. The zero-order valence-corrected chi connectivity index (χ0v) is 13.6. The highest BCUT2D eigenvalue weighted by Crippen LogP contribution is 2.28. The van der Waals surface area contributed by atoms with Gasteiger partial charge in [-0.1, -0.05) is 0 Å². The second kappa shape index (κ2) is 5.91. The van der Waals surface area contributed by atoms with Gasteiger partial charge in [0.25, 0.3) is 0 Å². The molecule has 2 atom stereocenters. The lowest BCUT2D eigenvalue weighted by Gasteiger charge is -2.34. The average Bonchev–Trinajstić information content (AvgIpc) is 2.68. The molecule has 2 heterocycles. The Morgan fingerprint density at radius 1 is 1.43 bits per heavy atom. The third-order valence-electron chi connectivity index (χ3n) is 3.07. The van der Waals surface area contributed by atoms with Crippen LogP contribution in [0.2, 0.25) is 0 Å². The largest absolute Gasteiger partial charge is 0.477 e. The first kappa shape index (κ1) is 16.2. The molecule has 1 aromatic rings. The second-order valence-electron chi connectivity index (χ2n) is 5.11. The molecule has 1 aliphatic heterocycles. The number of carboxylic acid groups (broad SMARTS) is 1. The van der Waals surface area contributed by atoms with Crippen molar-refractivity contribution in [2.24, 2.45) is 0 Å². The summed E-state index contributed by atoms with van der Waals surface area (Å²) in [6, 6.07) is 1.53. The van der Waals surface area contributed by atoms with Gasteiger partial charge < -0.3 is 9.84 Å². The van der Waals surface area contributed by atoms with Gasteiger partial charge in [0.15, 0.2) is 0 Å². The van der Waals surface area contributed by atoms with Crippen molar-refractivity contribution in [2.75, 3.05) is 17.8 Å². The quantitative estimate of drug-likeness (QED) is 0.870. The fourth-order valence-electron chi connectivity index (χ4n) is 2.26. The molecule has 2 unspecified atom stereocenters. The van der Waals surface area contributed by atoms with Gasteiger partial charge in [0.1, 0.15) is 9.88 Å². The van der Waals surface area contributed by atoms with E-state index in [1.54, 1.807) is 6.92 Å². The first-order chi connectivity index (χ1) is 9.69. The van der Waals surface area contributed by atoms with Gasteiger partial charge in [0.05, 0.1) is 12.2 Å². The minimum Gasteiger partial charge on any atom is -0.477 e. The summed E-state index contributed by atoms with van der Waals surface area (Å²) in [5.41, 5.74) is 0.536. The number of carbonyl (C=O) groups is 1. The molecular weight excluding hydrogens is 316 g/mol. The molecule has 1 fully saturated rings. The van der Waals surface area contributed by atoms with Crippen LogP contribution in [0.25, 0.3) is 0 Å². The number of nitrogens with zero attached hydrogens (tertiary/aromatic N) is 1. The average molecular weight is 334 g/mol. The smallest absolute Gasteiger partial charge is 0.346 e. The molecular formula is C12H18N2O5S2. The fraction of sp³-hybridized carbons (Fsp3) is 0.583. The number of aryl methyl sites for hydroxylation is 1. The van der Waals surface area contributed by atoms with E-state index in [-0.39, 0.29) is 30.2 Å². The Morgan fingerprint density at radius 3 is 2.48 bits per heavy atom. The molecule has 1 aliphatic rings. The number of hydrogen-bond acceptors (Lipinski definition) is 5. The first-order valence-electron chi connectivity index (χ1n) is 6.46. The maximum Gasteiger partial charge on any atom is 0.346 e. The van der Waals surface area contributed by atoms with E-state index in [9.17, 15) is 13.2 Å². The molecule has 2 N–H and O–H groups in total. The zero-order valence-electron chi connectivity index (χ0n) is 12.0. The molecule has 0 saturated carbocycles. The van der Waals surface area contributed by atoms with Gasteiger partial charge in [-0.05, 0) is 32.4 Å². The SMILES string of the molecule is Cc1cc(NS(=O)(=O)N2CC(C)OC(C)C2)sc1C(=O)O. The lowest BCUT2D eigenvalue weighted by Crippen LogP contribution is -2.49. The predicted molar refractivity (Wildman–Crippen MR) is 80.1 cm³/mol. The number of anilines is 1. The minimum atomic E-state index is -3.71. The van der Waals surface area contributed by atoms with Crippen molar-refractivity contribution in [3.63, 3.8) is 0 Å². The molecule has 0 spiro atoms. The number of nitrogens with one attached hydrogen (secondary N) is 1. The molecule has 9 heteroatoms. The van der Waals surface area contributed by atoms with Crippen molar-refractivity contribution in [3.8, 4) is 0 Å². The van der Waals surface area contributed by atoms with Crippen LogP contribution in [0.15, 0.2) is 6.07 Å². The number of aromatic carboxylic acids is 1. The number of carboxylic acids is 1. The summed E-state index contributed by atoms with van der Waals surface area (Å²) in [5.74, 6) is -1.06. The third kappa shape index (κ3) is 3.73. The van der Waals surface area contributed by atoms with Crippen LogP contribution in [0.3, 0.4) is 0 Å². The lowest BCUT2D eigenvalue weighted by molar-refractivity contribution is -0.0439. The van der Waals surface area contributed by atoms with Gasteiger partial charge >= 0.3 is 16.2 Å². The van der Waals surface area contributed by atoms with Gasteiger partial charge in [-0.25, -0.2) is 4.79 Å². The van der Waals surface area contributed by atoms with Crippen LogP contribution in [0.5, 0.6) is 0 Å². The summed E-state index contributed by atoms with van der Waals surface area (Å²) in [4.78, 5) is 11.1. The third-order valence-corrected chi connectivity index (χ3v) is 5.79. The highest BCUT2D eigenvalue weighted by atomic mass is 32.2. The Morgan fingerprint density at radius 2 is 2.00 bits per heavy atom. The van der Waals surface area contributed by atoms with Crippen molar-refractivity contribution >= 4 is 32.5 Å². The Balaban J connectivity index is 2.17. The van der Waals surface area contributed by atoms with E-state index >= 15 is 0 Å². The topological polar surface area (TPSA) is 95.9 Å². The summed E-state index contributed by atoms with van der Waals surface area (Å²) >= 11 is 0.912. The van der Waals surface area contributed by atoms with Crippen LogP contribution in [-0.2, 0) is 14.9 Å². The lowest BCUT2D eigenvalue weighted by atomic mass is 10.3. The number of ether oxygens (including phenoxy) is 1. The monoisotopic (exact) mass is 334 g/mol. The molecule has 118 valence electrons. The summed E-state index contributed by atoms with van der Waals surface area (Å²) in [6.07, 6.45) is -0.352. The standard InChI is InChI=1S/C12H18N2O5S2/c1-7-4-10(20-11(7)12(15)16)13-21(17,18)14-5-8(2)19-9(3)6-14/h4,8-9,13H,5-6H2,1-3H3,(H,15,16). The van der Waals surface area contributed by atoms with E-state index in [0.717, 1.165) is 11.3 Å². The van der Waals surface area contributed by atoms with E-state index in [1.807, 2.05) is 13.8 Å². The van der Waals surface area contributed by atoms with E-state index in [0.29, 0.717) is 10.6 Å². The zero-order chi connectivity index (χ0) is 15.8. The normalized spacial score (nSPS) is 24.0.